The number of para-hydroxylation sites is 1. The van der Waals surface area contributed by atoms with E-state index in [2.05, 4.69) is 189 Å². The van der Waals surface area contributed by atoms with Crippen molar-refractivity contribution >= 4 is 85.6 Å². The van der Waals surface area contributed by atoms with Gasteiger partial charge in [0.1, 0.15) is 5.84 Å². The maximum absolute atomic E-state index is 8.36. The number of allylic oxidation sites excluding steroid dienone is 21. The fraction of sp³-hybridized carbons (Fsp3) is 0.123. The molecule has 390 valence electrons. The lowest BCUT2D eigenvalue weighted by molar-refractivity contribution is 0.836. The third-order valence-corrected chi connectivity index (χ3v) is 14.2. The zero-order chi connectivity index (χ0) is 55.2. The second-order valence-corrected chi connectivity index (χ2v) is 19.3. The van der Waals surface area contributed by atoms with E-state index < -0.39 is 0 Å². The first-order valence-corrected chi connectivity index (χ1v) is 27.6. The minimum absolute atomic E-state index is 0.428. The van der Waals surface area contributed by atoms with E-state index in [1.807, 2.05) is 93.7 Å². The van der Waals surface area contributed by atoms with Gasteiger partial charge in [-0.1, -0.05) is 253 Å². The summed E-state index contributed by atoms with van der Waals surface area (Å²) in [5.74, 6) is 0.428. The zero-order valence-corrected chi connectivity index (χ0v) is 46.6. The van der Waals surface area contributed by atoms with Crippen LogP contribution in [0.2, 0.25) is 0 Å². The summed E-state index contributed by atoms with van der Waals surface area (Å²) in [6.07, 6.45) is 44.5. The number of nitrogens with zero attached hydrogens (tertiary/aromatic N) is 2. The molecular formula is C73H72N4S. The number of benzene rings is 6. The number of hydrogen-bond donors (Lipinski definition) is 2. The van der Waals surface area contributed by atoms with Gasteiger partial charge < -0.3 is 4.98 Å². The van der Waals surface area contributed by atoms with Crippen LogP contribution in [0.3, 0.4) is 0 Å². The Morgan fingerprint density at radius 2 is 1.29 bits per heavy atom. The third-order valence-electron chi connectivity index (χ3n) is 13.5. The number of rotatable bonds is 14. The number of aromatic nitrogens is 1. The highest BCUT2D eigenvalue weighted by atomic mass is 32.2. The van der Waals surface area contributed by atoms with Crippen LogP contribution in [0.5, 0.6) is 0 Å². The maximum atomic E-state index is 8.36. The molecule has 0 unspecified atom stereocenters. The van der Waals surface area contributed by atoms with Gasteiger partial charge in [0.05, 0.1) is 12.1 Å². The lowest BCUT2D eigenvalue weighted by atomic mass is 9.80. The average Bonchev–Trinajstić information content (AvgIpc) is 3.87. The molecule has 0 fully saturated rings. The molecule has 3 aliphatic rings. The predicted octanol–water partition coefficient (Wildman–Crippen LogP) is 20.2. The van der Waals surface area contributed by atoms with E-state index in [0.717, 1.165) is 71.0 Å². The molecular weight excluding hydrogens is 965 g/mol. The van der Waals surface area contributed by atoms with E-state index in [1.54, 1.807) is 33.8 Å². The first-order valence-electron chi connectivity index (χ1n) is 26.9. The van der Waals surface area contributed by atoms with Gasteiger partial charge in [0.15, 0.2) is 0 Å². The Morgan fingerprint density at radius 1 is 0.654 bits per heavy atom. The van der Waals surface area contributed by atoms with Crippen molar-refractivity contribution in [1.82, 2.24) is 9.29 Å². The summed E-state index contributed by atoms with van der Waals surface area (Å²) < 4.78 is 6.09. The van der Waals surface area contributed by atoms with Gasteiger partial charge >= 0.3 is 0 Å². The monoisotopic (exact) mass is 1040 g/mol. The average molecular weight is 1040 g/mol. The van der Waals surface area contributed by atoms with E-state index in [1.165, 1.54) is 72.7 Å². The summed E-state index contributed by atoms with van der Waals surface area (Å²) in [5, 5.41) is 13.6. The highest BCUT2D eigenvalue weighted by molar-refractivity contribution is 7.96. The molecule has 2 N–H and O–H groups in total. The highest BCUT2D eigenvalue weighted by Gasteiger charge is 2.22. The molecule has 0 saturated carbocycles. The fourth-order valence-corrected chi connectivity index (χ4v) is 10.3. The van der Waals surface area contributed by atoms with Crippen molar-refractivity contribution < 1.29 is 0 Å². The van der Waals surface area contributed by atoms with Gasteiger partial charge in [0.2, 0.25) is 0 Å². The summed E-state index contributed by atoms with van der Waals surface area (Å²) in [4.78, 5) is 3.61. The van der Waals surface area contributed by atoms with Crippen LogP contribution in [-0.2, 0) is 12.8 Å². The van der Waals surface area contributed by atoms with E-state index in [9.17, 15) is 0 Å². The third kappa shape index (κ3) is 14.0. The molecule has 7 aromatic rings. The van der Waals surface area contributed by atoms with Crippen LogP contribution < -0.4 is 0 Å². The Kier molecular flexibility index (Phi) is 21.1. The molecule has 10 rings (SSSR count). The predicted molar refractivity (Wildman–Crippen MR) is 348 cm³/mol. The van der Waals surface area contributed by atoms with Crippen LogP contribution in [0, 0.1) is 5.41 Å². The number of hydrogen-bond acceptors (Lipinski definition) is 3. The number of aromatic amines is 1. The molecule has 0 spiro atoms. The van der Waals surface area contributed by atoms with Gasteiger partial charge in [0.25, 0.3) is 0 Å². The number of H-pyrrole nitrogens is 1. The fourth-order valence-electron chi connectivity index (χ4n) is 9.77. The van der Waals surface area contributed by atoms with Crippen LogP contribution in [0.25, 0.3) is 61.4 Å². The van der Waals surface area contributed by atoms with E-state index >= 15 is 0 Å². The molecule has 0 aliphatic heterocycles. The zero-order valence-electron chi connectivity index (χ0n) is 45.8. The van der Waals surface area contributed by atoms with Crippen LogP contribution in [0.4, 0.5) is 0 Å². The molecule has 78 heavy (non-hydrogen) atoms. The summed E-state index contributed by atoms with van der Waals surface area (Å²) >= 11 is 1.26. The van der Waals surface area contributed by atoms with Crippen molar-refractivity contribution in [1.29, 1.82) is 5.41 Å². The van der Waals surface area contributed by atoms with Crippen molar-refractivity contribution in [3.05, 3.63) is 307 Å². The molecule has 1 heterocycles. The standard InChI is InChI=1S/C37H31N.C22H21N3S.C12H14.C2H6/c1-3-12-26(32-18-11-20-36-37(32)33-17-9-10-19-35(33)38-36)25(4-2)24-21-22-31-29-15-6-5-13-27(29)28-14-7-8-16-30(28)34(31)23-24;1-25(26-24-17-18-9-5-4-6-10-18)22(23)21-15-13-20(14-16-21)19-11-7-2-3-8-12-19;1-5-7-9-11(3)12(4)10-8-6-2;1-2/h3-4,6,8-12,15-23,38H,1,5,7,13-14H2,2H3;2,4-17,23H,3H2,1H3;5-10H,1-4H2;1-2H3/b25-4-,26-12+;23-22?,24-17+;9-7-,10-8-;. The molecule has 5 heteroatoms. The Morgan fingerprint density at radius 3 is 1.96 bits per heavy atom. The summed E-state index contributed by atoms with van der Waals surface area (Å²) in [7, 11) is 1.85. The minimum atomic E-state index is 0.428. The SMILES string of the molecule is C=C/C=C(\C(=C/C)c1ccc2c3c(c4c(c2c1)C=CCC4)CCC=C3)c1cccc2[nH]c3ccccc3c12.C=C/C=C\C(=C)C(=C)/C=C\C=C.CC.CN(S/N=C/c1ccccc1)C(=N)c1ccc(C2=CC=CCC=C2)cc1. The van der Waals surface area contributed by atoms with E-state index in [0.29, 0.717) is 5.84 Å². The maximum Gasteiger partial charge on any atom is 0.139 e. The smallest absolute Gasteiger partial charge is 0.139 e. The quantitative estimate of drug-likeness (QED) is 0.0494. The van der Waals surface area contributed by atoms with Crippen molar-refractivity contribution in [3.8, 4) is 0 Å². The van der Waals surface area contributed by atoms with Gasteiger partial charge in [0, 0.05) is 40.6 Å². The van der Waals surface area contributed by atoms with Crippen LogP contribution in [0.1, 0.15) is 90.1 Å². The lowest BCUT2D eigenvalue weighted by Crippen LogP contribution is -2.18. The topological polar surface area (TPSA) is 55.2 Å². The molecule has 0 saturated heterocycles. The Bertz CT molecular complexity index is 3620. The normalized spacial score (nSPS) is 13.6. The largest absolute Gasteiger partial charge is 0.354 e. The van der Waals surface area contributed by atoms with Crippen molar-refractivity contribution in [2.45, 2.75) is 52.9 Å². The van der Waals surface area contributed by atoms with Gasteiger partial charge in [-0.2, -0.15) is 0 Å². The number of amidine groups is 1. The Labute approximate surface area is 468 Å². The molecule has 0 bridgehead atoms. The van der Waals surface area contributed by atoms with Crippen molar-refractivity contribution in [3.63, 3.8) is 0 Å². The first kappa shape index (κ1) is 56.9. The molecule has 0 atom stereocenters. The Balaban J connectivity index is 0.000000191. The van der Waals surface area contributed by atoms with Crippen molar-refractivity contribution in [2.24, 2.45) is 4.40 Å². The summed E-state index contributed by atoms with van der Waals surface area (Å²) in [6.45, 7) is 25.0. The molecule has 3 aliphatic carbocycles. The molecule has 4 nitrogen and oxygen atoms in total. The second kappa shape index (κ2) is 28.9. The number of nitrogens with one attached hydrogen (secondary N) is 2. The molecule has 6 aromatic carbocycles. The van der Waals surface area contributed by atoms with Crippen LogP contribution in [0.15, 0.2) is 261 Å². The number of fused-ring (bicyclic) bond motifs is 9. The summed E-state index contributed by atoms with van der Waals surface area (Å²) in [5.41, 5.74) is 19.2. The van der Waals surface area contributed by atoms with Crippen LogP contribution in [-0.4, -0.2) is 28.4 Å². The molecule has 0 radical (unpaired) electrons. The van der Waals surface area contributed by atoms with Gasteiger partial charge in [-0.15, -0.1) is 0 Å². The van der Waals surface area contributed by atoms with Gasteiger partial charge in [-0.25, -0.2) is 4.40 Å². The van der Waals surface area contributed by atoms with Crippen LogP contribution >= 0.6 is 12.1 Å². The van der Waals surface area contributed by atoms with E-state index in [-0.39, 0.29) is 0 Å². The van der Waals surface area contributed by atoms with Gasteiger partial charge in [-0.05, 0) is 140 Å². The molecule has 0 amide bonds. The molecule has 1 aromatic heterocycles. The van der Waals surface area contributed by atoms with E-state index in [4.69, 9.17) is 5.41 Å². The van der Waals surface area contributed by atoms with Gasteiger partial charge in [-0.3, -0.25) is 9.71 Å². The second-order valence-electron chi connectivity index (χ2n) is 18.4. The highest BCUT2D eigenvalue weighted by Crippen LogP contribution is 2.42. The summed E-state index contributed by atoms with van der Waals surface area (Å²) in [6, 6.07) is 40.3. The van der Waals surface area contributed by atoms with Crippen molar-refractivity contribution in [2.75, 3.05) is 7.05 Å². The minimum Gasteiger partial charge on any atom is -0.354 e. The lowest BCUT2D eigenvalue weighted by Gasteiger charge is -2.24. The first-order chi connectivity index (χ1) is 38.2. The Hall–Kier alpha value is -8.77.